The standard InChI is InChI=1S/C34H46N4O10/c1-7-10-11-12-13-14-26(35-32(43)48-33(4,5)6)29(40)37-21-25(47-30(41)22-15-17-24(18-16-22)38(44)45)19-27(37)28(39)36-34(20-23(34)8-2)31(42)46-9-3/h7-8,15-18,23,25-27H,1-2,9-14,19-21H2,3-6H3,(H,35,43)(H,36,39)/t23?,25-,26+,27+,34?/m1/s1. The minimum Gasteiger partial charge on any atom is -0.464 e. The van der Waals surface area contributed by atoms with Gasteiger partial charge < -0.3 is 29.7 Å². The molecule has 14 heteroatoms. The highest BCUT2D eigenvalue weighted by molar-refractivity contribution is 5.97. The van der Waals surface area contributed by atoms with Gasteiger partial charge in [0.15, 0.2) is 0 Å². The van der Waals surface area contributed by atoms with E-state index in [1.165, 1.54) is 29.2 Å². The minimum absolute atomic E-state index is 0.0449. The van der Waals surface area contributed by atoms with Gasteiger partial charge in [-0.25, -0.2) is 14.4 Å². The quantitative estimate of drug-likeness (QED) is 0.0639. The number of nitrogens with one attached hydrogen (secondary N) is 2. The molecule has 1 heterocycles. The van der Waals surface area contributed by atoms with Crippen LogP contribution in [0.2, 0.25) is 0 Å². The largest absolute Gasteiger partial charge is 0.464 e. The second-order valence-corrected chi connectivity index (χ2v) is 12.9. The molecule has 48 heavy (non-hydrogen) atoms. The fraction of sp³-hybridized carbons (Fsp3) is 0.559. The van der Waals surface area contributed by atoms with Crippen LogP contribution in [0.5, 0.6) is 0 Å². The molecule has 14 nitrogen and oxygen atoms in total. The van der Waals surface area contributed by atoms with Crippen molar-refractivity contribution in [2.24, 2.45) is 5.92 Å². The van der Waals surface area contributed by atoms with E-state index in [0.29, 0.717) is 6.42 Å². The number of nitro benzene ring substituents is 1. The molecule has 0 bridgehead atoms. The number of non-ortho nitro benzene ring substituents is 1. The molecule has 3 rings (SSSR count). The van der Waals surface area contributed by atoms with Crippen molar-refractivity contribution in [2.75, 3.05) is 13.2 Å². The molecule has 3 amide bonds. The monoisotopic (exact) mass is 670 g/mol. The number of benzene rings is 1. The van der Waals surface area contributed by atoms with Gasteiger partial charge in [0.2, 0.25) is 11.8 Å². The molecule has 2 fully saturated rings. The average Bonchev–Trinajstić information content (AvgIpc) is 3.58. The fourth-order valence-corrected chi connectivity index (χ4v) is 5.60. The molecular formula is C34H46N4O10. The highest BCUT2D eigenvalue weighted by Crippen LogP contribution is 2.45. The van der Waals surface area contributed by atoms with E-state index in [1.54, 1.807) is 39.8 Å². The SMILES string of the molecule is C=CCCCCC[C@H](NC(=O)OC(C)(C)C)C(=O)N1C[C@H](OC(=O)c2ccc([N+](=O)[O-])cc2)C[C@H]1C(=O)NC1(C(=O)OCC)CC1C=C. The first-order valence-electron chi connectivity index (χ1n) is 16.1. The van der Waals surface area contributed by atoms with Crippen LogP contribution in [0.1, 0.15) is 83.0 Å². The lowest BCUT2D eigenvalue weighted by Gasteiger charge is -2.30. The van der Waals surface area contributed by atoms with Crippen LogP contribution in [0.3, 0.4) is 0 Å². The first-order chi connectivity index (χ1) is 22.6. The summed E-state index contributed by atoms with van der Waals surface area (Å²) in [6.45, 7) is 14.1. The molecule has 1 saturated carbocycles. The number of hydrogen-bond donors (Lipinski definition) is 2. The van der Waals surface area contributed by atoms with E-state index in [2.05, 4.69) is 23.8 Å². The van der Waals surface area contributed by atoms with Crippen molar-refractivity contribution in [3.8, 4) is 0 Å². The van der Waals surface area contributed by atoms with E-state index >= 15 is 0 Å². The van der Waals surface area contributed by atoms with Crippen molar-refractivity contribution in [2.45, 2.75) is 102 Å². The molecule has 2 aliphatic rings. The molecule has 0 spiro atoms. The molecular weight excluding hydrogens is 624 g/mol. The number of esters is 2. The van der Waals surface area contributed by atoms with Crippen LogP contribution >= 0.6 is 0 Å². The van der Waals surface area contributed by atoms with Gasteiger partial charge >= 0.3 is 18.0 Å². The number of carbonyl (C=O) groups is 5. The number of unbranched alkanes of at least 4 members (excludes halogenated alkanes) is 3. The number of carbonyl (C=O) groups excluding carboxylic acids is 5. The first-order valence-corrected chi connectivity index (χ1v) is 16.1. The van der Waals surface area contributed by atoms with E-state index in [-0.39, 0.29) is 49.6 Å². The van der Waals surface area contributed by atoms with E-state index in [4.69, 9.17) is 14.2 Å². The first kappa shape index (κ1) is 37.7. The number of amides is 3. The predicted molar refractivity (Wildman–Crippen MR) is 175 cm³/mol. The van der Waals surface area contributed by atoms with E-state index in [9.17, 15) is 34.1 Å². The Morgan fingerprint density at radius 2 is 1.81 bits per heavy atom. The topological polar surface area (TPSA) is 183 Å². The molecule has 262 valence electrons. The zero-order chi connectivity index (χ0) is 35.6. The number of alkyl carbamates (subject to hydrolysis) is 1. The predicted octanol–water partition coefficient (Wildman–Crippen LogP) is 4.37. The minimum atomic E-state index is -1.34. The van der Waals surface area contributed by atoms with Crippen molar-refractivity contribution in [1.29, 1.82) is 0 Å². The van der Waals surface area contributed by atoms with Gasteiger partial charge in [0, 0.05) is 24.5 Å². The highest BCUT2D eigenvalue weighted by Gasteiger charge is 2.62. The molecule has 2 N–H and O–H groups in total. The van der Waals surface area contributed by atoms with Crippen LogP contribution in [0.4, 0.5) is 10.5 Å². The Morgan fingerprint density at radius 1 is 1.12 bits per heavy atom. The third-order valence-electron chi connectivity index (χ3n) is 8.11. The third-order valence-corrected chi connectivity index (χ3v) is 8.11. The lowest BCUT2D eigenvalue weighted by Crippen LogP contribution is -2.56. The number of ether oxygens (including phenoxy) is 3. The summed E-state index contributed by atoms with van der Waals surface area (Å²) >= 11 is 0. The van der Waals surface area contributed by atoms with Crippen LogP contribution in [-0.4, -0.2) is 82.1 Å². The molecule has 0 aromatic heterocycles. The van der Waals surface area contributed by atoms with Gasteiger partial charge in [0.1, 0.15) is 29.3 Å². The molecule has 1 aliphatic heterocycles. The molecule has 5 atom stereocenters. The van der Waals surface area contributed by atoms with Crippen molar-refractivity contribution in [1.82, 2.24) is 15.5 Å². The number of allylic oxidation sites excluding steroid dienone is 1. The summed E-state index contributed by atoms with van der Waals surface area (Å²) in [7, 11) is 0. The highest BCUT2D eigenvalue weighted by atomic mass is 16.6. The zero-order valence-corrected chi connectivity index (χ0v) is 28.0. The van der Waals surface area contributed by atoms with Crippen molar-refractivity contribution in [3.63, 3.8) is 0 Å². The molecule has 0 radical (unpaired) electrons. The number of nitro groups is 1. The van der Waals surface area contributed by atoms with Crippen LogP contribution in [-0.2, 0) is 28.6 Å². The van der Waals surface area contributed by atoms with Gasteiger partial charge in [-0.15, -0.1) is 13.2 Å². The summed E-state index contributed by atoms with van der Waals surface area (Å²) in [6, 6.07) is 2.60. The van der Waals surface area contributed by atoms with E-state index in [0.717, 1.165) is 19.3 Å². The number of rotatable bonds is 16. The molecule has 1 saturated heterocycles. The van der Waals surface area contributed by atoms with Gasteiger partial charge in [0.25, 0.3) is 5.69 Å². The maximum absolute atomic E-state index is 14.2. The van der Waals surface area contributed by atoms with E-state index < -0.39 is 64.1 Å². The lowest BCUT2D eigenvalue weighted by atomic mass is 10.0. The number of likely N-dealkylation sites (tertiary alicyclic amines) is 1. The van der Waals surface area contributed by atoms with Gasteiger partial charge in [-0.2, -0.15) is 0 Å². The molecule has 1 aliphatic carbocycles. The summed E-state index contributed by atoms with van der Waals surface area (Å²) in [6.07, 6.45) is 4.99. The average molecular weight is 671 g/mol. The Hall–Kier alpha value is -4.75. The normalized spacial score (nSPS) is 22.1. The van der Waals surface area contributed by atoms with Crippen LogP contribution in [0, 0.1) is 16.0 Å². The second kappa shape index (κ2) is 16.4. The van der Waals surface area contributed by atoms with Crippen molar-refractivity contribution in [3.05, 3.63) is 65.3 Å². The van der Waals surface area contributed by atoms with Crippen LogP contribution in [0.25, 0.3) is 0 Å². The summed E-state index contributed by atoms with van der Waals surface area (Å²) in [5.74, 6) is -3.04. The van der Waals surface area contributed by atoms with Gasteiger partial charge in [-0.3, -0.25) is 19.7 Å². The molecule has 1 aromatic carbocycles. The maximum Gasteiger partial charge on any atom is 0.408 e. The van der Waals surface area contributed by atoms with E-state index in [1.807, 2.05) is 0 Å². The van der Waals surface area contributed by atoms with Gasteiger partial charge in [-0.05, 0) is 65.5 Å². The van der Waals surface area contributed by atoms with Crippen molar-refractivity contribution < 1.29 is 43.1 Å². The Bertz CT molecular complexity index is 1390. The zero-order valence-electron chi connectivity index (χ0n) is 28.0. The Labute approximate surface area is 280 Å². The Kier molecular flexibility index (Phi) is 12.9. The summed E-state index contributed by atoms with van der Waals surface area (Å²) in [5, 5.41) is 16.5. The Balaban J connectivity index is 1.88. The van der Waals surface area contributed by atoms with Gasteiger partial charge in [-0.1, -0.05) is 25.0 Å². The summed E-state index contributed by atoms with van der Waals surface area (Å²) < 4.78 is 16.3. The van der Waals surface area contributed by atoms with Crippen LogP contribution < -0.4 is 10.6 Å². The Morgan fingerprint density at radius 3 is 2.38 bits per heavy atom. The number of hydrogen-bond acceptors (Lipinski definition) is 10. The third kappa shape index (κ3) is 9.88. The lowest BCUT2D eigenvalue weighted by molar-refractivity contribution is -0.384. The summed E-state index contributed by atoms with van der Waals surface area (Å²) in [5.41, 5.74) is -2.33. The van der Waals surface area contributed by atoms with Crippen molar-refractivity contribution >= 4 is 35.5 Å². The molecule has 1 aromatic rings. The number of nitrogens with zero attached hydrogens (tertiary/aromatic N) is 2. The smallest absolute Gasteiger partial charge is 0.408 e. The second-order valence-electron chi connectivity index (χ2n) is 12.9. The maximum atomic E-state index is 14.2. The molecule has 2 unspecified atom stereocenters. The fourth-order valence-electron chi connectivity index (χ4n) is 5.60. The van der Waals surface area contributed by atoms with Crippen LogP contribution in [0.15, 0.2) is 49.6 Å². The summed E-state index contributed by atoms with van der Waals surface area (Å²) in [4.78, 5) is 78.4. The van der Waals surface area contributed by atoms with Gasteiger partial charge in [0.05, 0.1) is 23.6 Å².